The Kier molecular flexibility index (Phi) is 4.78. The maximum Gasteiger partial charge on any atom is 0.151 e. The smallest absolute Gasteiger partial charge is 0.151 e. The summed E-state index contributed by atoms with van der Waals surface area (Å²) in [6.07, 6.45) is 2.63. The van der Waals surface area contributed by atoms with Gasteiger partial charge in [0.25, 0.3) is 0 Å². The maximum atomic E-state index is 5.36. The lowest BCUT2D eigenvalue weighted by Gasteiger charge is -2.33. The summed E-state index contributed by atoms with van der Waals surface area (Å²) in [4.78, 5) is 2.47. The molecule has 0 radical (unpaired) electrons. The number of hydrogen-bond donors (Lipinski definition) is 1. The van der Waals surface area contributed by atoms with Crippen molar-refractivity contribution in [3.05, 3.63) is 17.5 Å². The minimum Gasteiger partial charge on any atom is -0.360 e. The van der Waals surface area contributed by atoms with Crippen LogP contribution in [0.1, 0.15) is 38.1 Å². The standard InChI is InChI=1S/C14H25N3O/c1-11(2)12-4-6-17(7-5-12)10-14-8-13(9-15-3)16-18-14/h8,11-12,15H,4-7,9-10H2,1-3H3. The molecule has 1 N–H and O–H groups in total. The van der Waals surface area contributed by atoms with Crippen LogP contribution in [0.2, 0.25) is 0 Å². The number of rotatable bonds is 5. The molecule has 0 bridgehead atoms. The predicted molar refractivity (Wildman–Crippen MR) is 72.1 cm³/mol. The van der Waals surface area contributed by atoms with E-state index in [0.717, 1.165) is 36.4 Å². The van der Waals surface area contributed by atoms with Crippen LogP contribution in [0.5, 0.6) is 0 Å². The van der Waals surface area contributed by atoms with Crippen molar-refractivity contribution in [2.75, 3.05) is 20.1 Å². The number of likely N-dealkylation sites (tertiary alicyclic amines) is 1. The molecule has 2 rings (SSSR count). The van der Waals surface area contributed by atoms with Crippen LogP contribution in [-0.2, 0) is 13.1 Å². The molecule has 0 aromatic carbocycles. The molecule has 0 unspecified atom stereocenters. The van der Waals surface area contributed by atoms with E-state index in [1.165, 1.54) is 25.9 Å². The maximum absolute atomic E-state index is 5.36. The topological polar surface area (TPSA) is 41.3 Å². The van der Waals surface area contributed by atoms with Gasteiger partial charge in [0.15, 0.2) is 5.76 Å². The van der Waals surface area contributed by atoms with Crippen molar-refractivity contribution >= 4 is 0 Å². The minimum absolute atomic E-state index is 0.777. The van der Waals surface area contributed by atoms with E-state index in [4.69, 9.17) is 4.52 Å². The third kappa shape index (κ3) is 3.56. The molecule has 1 saturated heterocycles. The van der Waals surface area contributed by atoms with Gasteiger partial charge in [0.05, 0.1) is 12.2 Å². The first-order valence-corrected chi connectivity index (χ1v) is 7.00. The first kappa shape index (κ1) is 13.6. The normalized spacial score (nSPS) is 18.7. The summed E-state index contributed by atoms with van der Waals surface area (Å²) in [5, 5.41) is 7.13. The summed E-state index contributed by atoms with van der Waals surface area (Å²) < 4.78 is 5.36. The van der Waals surface area contributed by atoms with Gasteiger partial charge in [0, 0.05) is 12.6 Å². The molecule has 2 heterocycles. The van der Waals surface area contributed by atoms with Gasteiger partial charge in [0.1, 0.15) is 0 Å². The summed E-state index contributed by atoms with van der Waals surface area (Å²) in [5.41, 5.74) is 0.990. The Labute approximate surface area is 110 Å². The molecule has 1 fully saturated rings. The Morgan fingerprint density at radius 1 is 1.44 bits per heavy atom. The van der Waals surface area contributed by atoms with Crippen molar-refractivity contribution in [2.24, 2.45) is 11.8 Å². The van der Waals surface area contributed by atoms with Gasteiger partial charge >= 0.3 is 0 Å². The summed E-state index contributed by atoms with van der Waals surface area (Å²) in [6, 6.07) is 2.06. The monoisotopic (exact) mass is 251 g/mol. The van der Waals surface area contributed by atoms with Crippen LogP contribution >= 0.6 is 0 Å². The Hall–Kier alpha value is -0.870. The number of piperidine rings is 1. The molecule has 102 valence electrons. The van der Waals surface area contributed by atoms with Gasteiger partial charge in [0.2, 0.25) is 0 Å². The van der Waals surface area contributed by atoms with E-state index in [1.807, 2.05) is 7.05 Å². The molecule has 0 atom stereocenters. The van der Waals surface area contributed by atoms with Gasteiger partial charge in [-0.25, -0.2) is 0 Å². The van der Waals surface area contributed by atoms with Gasteiger partial charge in [-0.05, 0) is 44.8 Å². The second-order valence-electron chi connectivity index (χ2n) is 5.67. The van der Waals surface area contributed by atoms with E-state index < -0.39 is 0 Å². The average molecular weight is 251 g/mol. The van der Waals surface area contributed by atoms with Crippen LogP contribution in [-0.4, -0.2) is 30.2 Å². The number of hydrogen-bond acceptors (Lipinski definition) is 4. The molecular weight excluding hydrogens is 226 g/mol. The molecule has 0 amide bonds. The lowest BCUT2D eigenvalue weighted by molar-refractivity contribution is 0.140. The lowest BCUT2D eigenvalue weighted by atomic mass is 9.87. The zero-order valence-electron chi connectivity index (χ0n) is 11.8. The van der Waals surface area contributed by atoms with Crippen LogP contribution in [0, 0.1) is 11.8 Å². The molecule has 1 aromatic heterocycles. The fourth-order valence-corrected chi connectivity index (χ4v) is 2.69. The second-order valence-corrected chi connectivity index (χ2v) is 5.67. The second kappa shape index (κ2) is 6.34. The highest BCUT2D eigenvalue weighted by atomic mass is 16.5. The van der Waals surface area contributed by atoms with Crippen LogP contribution in [0.25, 0.3) is 0 Å². The molecule has 1 aromatic rings. The van der Waals surface area contributed by atoms with Gasteiger partial charge in [-0.15, -0.1) is 0 Å². The van der Waals surface area contributed by atoms with Crippen LogP contribution < -0.4 is 5.32 Å². The summed E-state index contributed by atoms with van der Waals surface area (Å²) in [7, 11) is 1.92. The first-order valence-electron chi connectivity index (χ1n) is 7.00. The Balaban J connectivity index is 1.80. The lowest BCUT2D eigenvalue weighted by Crippen LogP contribution is -2.34. The quantitative estimate of drug-likeness (QED) is 0.871. The van der Waals surface area contributed by atoms with E-state index >= 15 is 0 Å². The molecule has 18 heavy (non-hydrogen) atoms. The van der Waals surface area contributed by atoms with Crippen LogP contribution in [0.4, 0.5) is 0 Å². The zero-order chi connectivity index (χ0) is 13.0. The number of aromatic nitrogens is 1. The first-order chi connectivity index (χ1) is 8.69. The highest BCUT2D eigenvalue weighted by Crippen LogP contribution is 2.25. The van der Waals surface area contributed by atoms with E-state index in [1.54, 1.807) is 0 Å². The Morgan fingerprint density at radius 2 is 2.17 bits per heavy atom. The van der Waals surface area contributed by atoms with E-state index in [0.29, 0.717) is 0 Å². The average Bonchev–Trinajstić information content (AvgIpc) is 2.78. The van der Waals surface area contributed by atoms with Crippen molar-refractivity contribution in [3.63, 3.8) is 0 Å². The molecule has 4 heteroatoms. The minimum atomic E-state index is 0.777. The van der Waals surface area contributed by atoms with Gasteiger partial charge in [-0.3, -0.25) is 4.90 Å². The van der Waals surface area contributed by atoms with Gasteiger partial charge < -0.3 is 9.84 Å². The molecule has 0 saturated carbocycles. The van der Waals surface area contributed by atoms with E-state index in [-0.39, 0.29) is 0 Å². The highest BCUT2D eigenvalue weighted by molar-refractivity contribution is 5.05. The third-order valence-corrected chi connectivity index (χ3v) is 3.92. The van der Waals surface area contributed by atoms with Crippen LogP contribution in [0.3, 0.4) is 0 Å². The van der Waals surface area contributed by atoms with Crippen molar-refractivity contribution in [1.29, 1.82) is 0 Å². The van der Waals surface area contributed by atoms with Gasteiger partial charge in [-0.2, -0.15) is 0 Å². The molecule has 1 aliphatic rings. The van der Waals surface area contributed by atoms with E-state index in [9.17, 15) is 0 Å². The van der Waals surface area contributed by atoms with Crippen molar-refractivity contribution in [2.45, 2.75) is 39.8 Å². The number of nitrogens with zero attached hydrogens (tertiary/aromatic N) is 2. The molecule has 4 nitrogen and oxygen atoms in total. The predicted octanol–water partition coefficient (Wildman–Crippen LogP) is 2.26. The Bertz CT molecular complexity index is 354. The van der Waals surface area contributed by atoms with Gasteiger partial charge in [-0.1, -0.05) is 19.0 Å². The van der Waals surface area contributed by atoms with Crippen molar-refractivity contribution in [3.8, 4) is 0 Å². The molecule has 1 aliphatic heterocycles. The molecule has 0 aliphatic carbocycles. The Morgan fingerprint density at radius 3 is 2.78 bits per heavy atom. The van der Waals surface area contributed by atoms with Crippen molar-refractivity contribution in [1.82, 2.24) is 15.4 Å². The van der Waals surface area contributed by atoms with E-state index in [2.05, 4.69) is 35.3 Å². The zero-order valence-corrected chi connectivity index (χ0v) is 11.8. The van der Waals surface area contributed by atoms with Crippen LogP contribution in [0.15, 0.2) is 10.6 Å². The molecular formula is C14H25N3O. The summed E-state index contributed by atoms with van der Waals surface area (Å²) >= 11 is 0. The third-order valence-electron chi connectivity index (χ3n) is 3.92. The largest absolute Gasteiger partial charge is 0.360 e. The number of nitrogens with one attached hydrogen (secondary N) is 1. The fraction of sp³-hybridized carbons (Fsp3) is 0.786. The summed E-state index contributed by atoms with van der Waals surface area (Å²) in [5.74, 6) is 2.71. The highest BCUT2D eigenvalue weighted by Gasteiger charge is 2.22. The SMILES string of the molecule is CNCc1cc(CN2CCC(C(C)C)CC2)on1. The van der Waals surface area contributed by atoms with Crippen molar-refractivity contribution < 1.29 is 4.52 Å². The summed E-state index contributed by atoms with van der Waals surface area (Å²) in [6.45, 7) is 8.72. The molecule has 0 spiro atoms. The fourth-order valence-electron chi connectivity index (χ4n) is 2.69.